The topological polar surface area (TPSA) is 167 Å². The van der Waals surface area contributed by atoms with E-state index >= 15 is 0 Å². The van der Waals surface area contributed by atoms with Crippen LogP contribution in [0.1, 0.15) is 54.1 Å². The van der Waals surface area contributed by atoms with Crippen molar-refractivity contribution in [2.45, 2.75) is 52.6 Å². The Morgan fingerprint density at radius 3 is 2.28 bits per heavy atom. The van der Waals surface area contributed by atoms with Crippen molar-refractivity contribution in [2.24, 2.45) is 5.10 Å². The molecular weight excluding hydrogens is 713 g/mol. The molecule has 1 aliphatic rings. The lowest BCUT2D eigenvalue weighted by molar-refractivity contribution is -0.161. The summed E-state index contributed by atoms with van der Waals surface area (Å²) in [7, 11) is 2.45. The lowest BCUT2D eigenvalue weighted by Crippen LogP contribution is -2.33. The summed E-state index contributed by atoms with van der Waals surface area (Å²) in [6.07, 6.45) is -0.461. The average Bonchev–Trinajstić information content (AvgIpc) is 3.41. The number of carbonyl (C=O) groups excluding carboxylic acids is 5. The summed E-state index contributed by atoms with van der Waals surface area (Å²) < 4.78 is 10.2. The minimum Gasteiger partial charge on any atom is -0.480 e. The number of hydrogen-bond donors (Lipinski definition) is 3. The van der Waals surface area contributed by atoms with Gasteiger partial charge in [0.15, 0.2) is 6.10 Å². The van der Waals surface area contributed by atoms with Crippen LogP contribution in [0.15, 0.2) is 59.7 Å². The van der Waals surface area contributed by atoms with Gasteiger partial charge >= 0.3 is 5.97 Å². The van der Waals surface area contributed by atoms with Crippen molar-refractivity contribution in [1.82, 2.24) is 10.4 Å². The Balaban J connectivity index is 0.000000530. The molecule has 13 nitrogen and oxygen atoms in total. The molecule has 1 aliphatic heterocycles. The van der Waals surface area contributed by atoms with Gasteiger partial charge < -0.3 is 20.1 Å². The van der Waals surface area contributed by atoms with E-state index in [1.807, 2.05) is 39.0 Å². The van der Waals surface area contributed by atoms with Crippen LogP contribution in [-0.4, -0.2) is 66.0 Å². The molecule has 266 valence electrons. The Morgan fingerprint density at radius 1 is 1.00 bits per heavy atom. The molecule has 16 heteroatoms. The fourth-order valence-corrected chi connectivity index (χ4v) is 5.43. The number of hydrogen-bond acceptors (Lipinski definition) is 9. The summed E-state index contributed by atoms with van der Waals surface area (Å²) in [5.41, 5.74) is 2.89. The summed E-state index contributed by atoms with van der Waals surface area (Å²) in [6, 6.07) is 15.1. The van der Waals surface area contributed by atoms with E-state index in [4.69, 9.17) is 44.7 Å². The number of anilines is 2. The van der Waals surface area contributed by atoms with Crippen LogP contribution in [0.25, 0.3) is 0 Å². The Morgan fingerprint density at radius 2 is 1.68 bits per heavy atom. The first-order chi connectivity index (χ1) is 23.6. The first kappa shape index (κ1) is 39.7. The Bertz CT molecular complexity index is 1780. The van der Waals surface area contributed by atoms with Gasteiger partial charge in [0.1, 0.15) is 17.3 Å². The van der Waals surface area contributed by atoms with Gasteiger partial charge in [0, 0.05) is 29.7 Å². The molecule has 0 fully saturated rings. The minimum atomic E-state index is -0.722. The number of carbonyl (C=O) groups is 5. The molecule has 4 amide bonds. The number of ether oxygens (including phenoxy) is 2. The Kier molecular flexibility index (Phi) is 14.6. The number of nitrogens with zero attached hydrogens (tertiary/aromatic N) is 3. The summed E-state index contributed by atoms with van der Waals surface area (Å²) in [6.45, 7) is 5.77. The first-order valence-corrected chi connectivity index (χ1v) is 16.3. The number of aryl methyl sites for hydroxylation is 2. The number of amides is 4. The normalized spacial score (nSPS) is 12.6. The van der Waals surface area contributed by atoms with Gasteiger partial charge in [0.2, 0.25) is 5.91 Å². The van der Waals surface area contributed by atoms with Crippen LogP contribution < -0.4 is 20.4 Å². The predicted octanol–water partition coefficient (Wildman–Crippen LogP) is 6.33. The molecule has 3 aromatic rings. The molecule has 1 heterocycles. The predicted molar refractivity (Wildman–Crippen MR) is 190 cm³/mol. The van der Waals surface area contributed by atoms with Gasteiger partial charge in [-0.15, -0.1) is 0 Å². The highest BCUT2D eigenvalue weighted by atomic mass is 35.5. The number of hydroxylamine groups is 2. The molecule has 1 unspecified atom stereocenters. The Labute approximate surface area is 304 Å². The van der Waals surface area contributed by atoms with E-state index in [2.05, 4.69) is 20.5 Å². The largest absolute Gasteiger partial charge is 0.480 e. The maximum absolute atomic E-state index is 12.9. The number of esters is 1. The number of methoxy groups -OCH3 is 1. The van der Waals surface area contributed by atoms with Crippen LogP contribution in [0.3, 0.4) is 0 Å². The zero-order valence-electron chi connectivity index (χ0n) is 27.9. The molecule has 0 saturated heterocycles. The third-order valence-electron chi connectivity index (χ3n) is 7.01. The number of nitrogens with one attached hydrogen (secondary N) is 2. The molecule has 50 heavy (non-hydrogen) atoms. The lowest BCUT2D eigenvalue weighted by atomic mass is 10.1. The molecule has 3 aromatic carbocycles. The van der Waals surface area contributed by atoms with E-state index in [1.165, 1.54) is 32.4 Å². The smallest absolute Gasteiger partial charge is 0.306 e. The molecule has 0 bridgehead atoms. The standard InChI is InChI=1S/C28H25Cl3N4O4.C6H11NO4/c1-4-22(39-23-9-8-15(2)10-16(23)3)28(38)32-19-7-5-6-17(11-19)27(37)33-24-14-25(36)35(34-24)26-20(30)12-18(29)13-21(26)31;1-7(10)5(8)3-4-6(9)11-2/h5-13,22H,4,14H2,1-3H3,(H,32,38)(H,33,34,37);10H,3-4H2,1-2H3. The molecule has 3 N–H and O–H groups in total. The van der Waals surface area contributed by atoms with E-state index < -0.39 is 29.8 Å². The van der Waals surface area contributed by atoms with E-state index in [0.29, 0.717) is 27.9 Å². The number of halogens is 3. The van der Waals surface area contributed by atoms with Crippen LogP contribution in [0.4, 0.5) is 11.4 Å². The quantitative estimate of drug-likeness (QED) is 0.123. The van der Waals surface area contributed by atoms with Gasteiger partial charge in [-0.2, -0.15) is 10.1 Å². The molecule has 1 atom stereocenters. The molecule has 0 spiro atoms. The fraction of sp³-hybridized carbons (Fsp3) is 0.294. The van der Waals surface area contributed by atoms with Crippen LogP contribution >= 0.6 is 34.8 Å². The highest BCUT2D eigenvalue weighted by Crippen LogP contribution is 2.38. The molecule has 4 rings (SSSR count). The lowest BCUT2D eigenvalue weighted by Gasteiger charge is -2.19. The summed E-state index contributed by atoms with van der Waals surface area (Å²) >= 11 is 18.4. The minimum absolute atomic E-state index is 0.000231. The van der Waals surface area contributed by atoms with Gasteiger partial charge in [-0.3, -0.25) is 29.2 Å². The molecule has 0 radical (unpaired) electrons. The zero-order valence-corrected chi connectivity index (χ0v) is 30.2. The van der Waals surface area contributed by atoms with Crippen molar-refractivity contribution in [1.29, 1.82) is 0 Å². The second-order valence-electron chi connectivity index (χ2n) is 10.9. The number of amidine groups is 1. The van der Waals surface area contributed by atoms with Crippen molar-refractivity contribution in [3.63, 3.8) is 0 Å². The Hall–Kier alpha value is -4.69. The summed E-state index contributed by atoms with van der Waals surface area (Å²) in [5, 5.41) is 20.3. The van der Waals surface area contributed by atoms with Crippen molar-refractivity contribution >= 4 is 81.6 Å². The van der Waals surface area contributed by atoms with Crippen molar-refractivity contribution < 1.29 is 38.7 Å². The maximum atomic E-state index is 12.9. The fourth-order valence-electron chi connectivity index (χ4n) is 4.45. The number of benzene rings is 3. The van der Waals surface area contributed by atoms with Gasteiger partial charge in [-0.25, -0.2) is 5.06 Å². The van der Waals surface area contributed by atoms with Gasteiger partial charge in [-0.05, 0) is 62.2 Å². The van der Waals surface area contributed by atoms with Gasteiger partial charge in [0.05, 0.1) is 30.0 Å². The second kappa shape index (κ2) is 18.3. The van der Waals surface area contributed by atoms with E-state index in [9.17, 15) is 24.0 Å². The molecular formula is C34H36Cl3N5O8. The monoisotopic (exact) mass is 747 g/mol. The second-order valence-corrected chi connectivity index (χ2v) is 12.2. The molecule has 0 aromatic heterocycles. The van der Waals surface area contributed by atoms with E-state index in [0.717, 1.165) is 16.1 Å². The molecule has 0 aliphatic carbocycles. The third kappa shape index (κ3) is 11.2. The zero-order chi connectivity index (χ0) is 37.1. The average molecular weight is 749 g/mol. The van der Waals surface area contributed by atoms with E-state index in [-0.39, 0.29) is 52.3 Å². The summed E-state index contributed by atoms with van der Waals surface area (Å²) in [5.74, 6) is -1.48. The van der Waals surface area contributed by atoms with Gasteiger partial charge in [0.25, 0.3) is 17.7 Å². The van der Waals surface area contributed by atoms with Crippen molar-refractivity contribution in [2.75, 3.05) is 24.5 Å². The number of hydrazone groups is 1. The maximum Gasteiger partial charge on any atom is 0.306 e. The highest BCUT2D eigenvalue weighted by Gasteiger charge is 2.30. The summed E-state index contributed by atoms with van der Waals surface area (Å²) in [4.78, 5) is 59.5. The van der Waals surface area contributed by atoms with E-state index in [1.54, 1.807) is 18.2 Å². The SMILES string of the molecule is CCC(Oc1ccc(C)cc1C)C(=O)Nc1cccc(C(=O)NC2=NN(c3c(Cl)cc(Cl)cc3Cl)C(=O)C2)c1.COC(=O)CCC(=O)N(C)O. The highest BCUT2D eigenvalue weighted by molar-refractivity contribution is 6.42. The van der Waals surface area contributed by atoms with Crippen molar-refractivity contribution in [3.8, 4) is 5.75 Å². The third-order valence-corrected chi connectivity index (χ3v) is 7.81. The first-order valence-electron chi connectivity index (χ1n) is 15.2. The van der Waals surface area contributed by atoms with Crippen LogP contribution in [0, 0.1) is 13.8 Å². The number of rotatable bonds is 10. The van der Waals surface area contributed by atoms with Gasteiger partial charge in [-0.1, -0.05) is 65.5 Å². The van der Waals surface area contributed by atoms with Crippen LogP contribution in [0.5, 0.6) is 5.75 Å². The molecule has 0 saturated carbocycles. The van der Waals surface area contributed by atoms with Crippen LogP contribution in [0.2, 0.25) is 15.1 Å². The van der Waals surface area contributed by atoms with Crippen molar-refractivity contribution in [3.05, 3.63) is 86.4 Å². The van der Waals surface area contributed by atoms with Crippen LogP contribution in [-0.2, 0) is 23.9 Å².